The molecule has 0 radical (unpaired) electrons. The van der Waals surface area contributed by atoms with Crippen LogP contribution < -0.4 is 16.3 Å². The van der Waals surface area contributed by atoms with Crippen molar-refractivity contribution < 1.29 is 9.53 Å². The van der Waals surface area contributed by atoms with Crippen molar-refractivity contribution in [1.82, 2.24) is 24.4 Å². The Bertz CT molecular complexity index is 1670. The van der Waals surface area contributed by atoms with Crippen LogP contribution in [-0.2, 0) is 11.3 Å². The summed E-state index contributed by atoms with van der Waals surface area (Å²) < 4.78 is 8.44. The van der Waals surface area contributed by atoms with Gasteiger partial charge in [0.05, 0.1) is 51.4 Å². The van der Waals surface area contributed by atoms with E-state index >= 15 is 0 Å². The van der Waals surface area contributed by atoms with Gasteiger partial charge in [0.2, 0.25) is 0 Å². The van der Waals surface area contributed by atoms with E-state index in [9.17, 15) is 14.9 Å². The standard InChI is InChI=1S/C30H32ClN7O3/c1-19-24(14-22(31)16-34-19)29(39)36-23-9-7-20(8-10-23)18-37-25-5-3-4-6-26(25)38(30(37)40)27-17-35-28(13-21(27)15-32)33-11-12-41-2/h3-6,13-14,16-17,20,23H,7-12,18H2,1-2H3,(H,33,35)(H,36,39). The molecular formula is C30H32ClN7O3. The molecule has 1 aliphatic rings. The number of nitrogens with zero attached hydrogens (tertiary/aromatic N) is 5. The number of amides is 1. The molecule has 1 saturated carbocycles. The van der Waals surface area contributed by atoms with Crippen LogP contribution in [0.1, 0.15) is 47.3 Å². The first kappa shape index (κ1) is 28.3. The summed E-state index contributed by atoms with van der Waals surface area (Å²) in [7, 11) is 1.62. The fourth-order valence-electron chi connectivity index (χ4n) is 5.46. The SMILES string of the molecule is COCCNc1cc(C#N)c(-n2c(=O)n(CC3CCC(NC(=O)c4cc(Cl)cnc4C)CC3)c3ccccc32)cn1. The largest absolute Gasteiger partial charge is 0.383 e. The number of nitriles is 1. The summed E-state index contributed by atoms with van der Waals surface area (Å²) in [6.07, 6.45) is 6.48. The maximum atomic E-state index is 13.8. The van der Waals surface area contributed by atoms with E-state index in [0.717, 1.165) is 36.7 Å². The summed E-state index contributed by atoms with van der Waals surface area (Å²) in [4.78, 5) is 35.3. The van der Waals surface area contributed by atoms with Gasteiger partial charge in [-0.15, -0.1) is 0 Å². The monoisotopic (exact) mass is 573 g/mol. The van der Waals surface area contributed by atoms with Crippen LogP contribution in [0.15, 0.2) is 53.6 Å². The molecule has 1 amide bonds. The fraction of sp³-hybridized carbons (Fsp3) is 0.367. The highest BCUT2D eigenvalue weighted by molar-refractivity contribution is 6.30. The highest BCUT2D eigenvalue weighted by Gasteiger charge is 2.26. The quantitative estimate of drug-likeness (QED) is 0.283. The Morgan fingerprint density at radius 3 is 2.63 bits per heavy atom. The fourth-order valence-corrected chi connectivity index (χ4v) is 5.62. The second-order valence-corrected chi connectivity index (χ2v) is 10.7. The maximum Gasteiger partial charge on any atom is 0.333 e. The molecule has 0 bridgehead atoms. The molecular weight excluding hydrogens is 542 g/mol. The van der Waals surface area contributed by atoms with Crippen LogP contribution in [-0.4, -0.2) is 51.3 Å². The number of benzene rings is 1. The molecule has 0 spiro atoms. The van der Waals surface area contributed by atoms with Crippen LogP contribution in [0.3, 0.4) is 0 Å². The minimum atomic E-state index is -0.205. The number of hydrogen-bond acceptors (Lipinski definition) is 7. The van der Waals surface area contributed by atoms with E-state index in [0.29, 0.717) is 53.0 Å². The molecule has 212 valence electrons. The van der Waals surface area contributed by atoms with Crippen molar-refractivity contribution in [3.63, 3.8) is 0 Å². The predicted octanol–water partition coefficient (Wildman–Crippen LogP) is 4.46. The van der Waals surface area contributed by atoms with E-state index in [2.05, 4.69) is 26.7 Å². The van der Waals surface area contributed by atoms with Crippen LogP contribution in [0, 0.1) is 24.2 Å². The number of carbonyl (C=O) groups excluding carboxylic acids is 1. The van der Waals surface area contributed by atoms with E-state index < -0.39 is 0 Å². The number of imidazole rings is 1. The second-order valence-electron chi connectivity index (χ2n) is 10.3. The Morgan fingerprint density at radius 2 is 1.90 bits per heavy atom. The lowest BCUT2D eigenvalue weighted by molar-refractivity contribution is 0.0919. The van der Waals surface area contributed by atoms with Crippen molar-refractivity contribution in [1.29, 1.82) is 5.26 Å². The number of halogens is 1. The molecule has 3 aromatic heterocycles. The van der Waals surface area contributed by atoms with Crippen molar-refractivity contribution in [3.05, 3.63) is 81.1 Å². The number of pyridine rings is 2. The lowest BCUT2D eigenvalue weighted by Crippen LogP contribution is -2.39. The highest BCUT2D eigenvalue weighted by atomic mass is 35.5. The van der Waals surface area contributed by atoms with Crippen molar-refractivity contribution in [3.8, 4) is 11.8 Å². The van der Waals surface area contributed by atoms with E-state index in [1.54, 1.807) is 41.5 Å². The van der Waals surface area contributed by atoms with Gasteiger partial charge in [0, 0.05) is 38.5 Å². The summed E-state index contributed by atoms with van der Waals surface area (Å²) in [5.74, 6) is 0.655. The van der Waals surface area contributed by atoms with Gasteiger partial charge in [-0.3, -0.25) is 18.9 Å². The average Bonchev–Trinajstić information content (AvgIpc) is 3.26. The van der Waals surface area contributed by atoms with E-state index in [1.165, 1.54) is 6.20 Å². The number of methoxy groups -OCH3 is 1. The molecule has 0 atom stereocenters. The first-order chi connectivity index (χ1) is 19.9. The van der Waals surface area contributed by atoms with Gasteiger partial charge in [0.15, 0.2) is 0 Å². The van der Waals surface area contributed by atoms with Gasteiger partial charge >= 0.3 is 5.69 Å². The number of fused-ring (bicyclic) bond motifs is 1. The van der Waals surface area contributed by atoms with Gasteiger partial charge in [-0.25, -0.2) is 9.78 Å². The van der Waals surface area contributed by atoms with E-state index in [-0.39, 0.29) is 23.6 Å². The number of aryl methyl sites for hydroxylation is 1. The molecule has 5 rings (SSSR count). The molecule has 41 heavy (non-hydrogen) atoms. The molecule has 3 heterocycles. The van der Waals surface area contributed by atoms with Crippen molar-refractivity contribution in [2.45, 2.75) is 45.2 Å². The third-order valence-electron chi connectivity index (χ3n) is 7.61. The molecule has 4 aromatic rings. The van der Waals surface area contributed by atoms with Crippen LogP contribution in [0.2, 0.25) is 5.02 Å². The Labute approximate surface area is 242 Å². The van der Waals surface area contributed by atoms with Crippen molar-refractivity contribution in [2.24, 2.45) is 5.92 Å². The van der Waals surface area contributed by atoms with Crippen molar-refractivity contribution in [2.75, 3.05) is 25.6 Å². The zero-order valence-electron chi connectivity index (χ0n) is 23.1. The normalized spacial score (nSPS) is 16.8. The Kier molecular flexibility index (Phi) is 8.67. The molecule has 10 nitrogen and oxygen atoms in total. The lowest BCUT2D eigenvalue weighted by atomic mass is 9.85. The summed E-state index contributed by atoms with van der Waals surface area (Å²) in [5.41, 5.74) is 3.26. The van der Waals surface area contributed by atoms with Crippen LogP contribution in [0.25, 0.3) is 16.7 Å². The number of anilines is 1. The van der Waals surface area contributed by atoms with Gasteiger partial charge in [0.1, 0.15) is 11.9 Å². The minimum absolute atomic E-state index is 0.0514. The zero-order chi connectivity index (χ0) is 28.9. The summed E-state index contributed by atoms with van der Waals surface area (Å²) >= 11 is 6.04. The van der Waals surface area contributed by atoms with Gasteiger partial charge in [-0.2, -0.15) is 5.26 Å². The van der Waals surface area contributed by atoms with Gasteiger partial charge < -0.3 is 15.4 Å². The minimum Gasteiger partial charge on any atom is -0.383 e. The number of ether oxygens (including phenoxy) is 1. The molecule has 1 aromatic carbocycles. The average molecular weight is 574 g/mol. The summed E-state index contributed by atoms with van der Waals surface area (Å²) in [6, 6.07) is 13.2. The third kappa shape index (κ3) is 6.11. The van der Waals surface area contributed by atoms with Crippen LogP contribution in [0.4, 0.5) is 5.82 Å². The number of para-hydroxylation sites is 2. The Hall–Kier alpha value is -4.20. The smallest absolute Gasteiger partial charge is 0.333 e. The first-order valence-corrected chi connectivity index (χ1v) is 14.0. The number of hydrogen-bond donors (Lipinski definition) is 2. The van der Waals surface area contributed by atoms with Crippen LogP contribution >= 0.6 is 11.6 Å². The second kappa shape index (κ2) is 12.5. The number of nitrogens with one attached hydrogen (secondary N) is 2. The summed E-state index contributed by atoms with van der Waals surface area (Å²) in [5, 5.41) is 16.6. The third-order valence-corrected chi connectivity index (χ3v) is 7.82. The van der Waals surface area contributed by atoms with E-state index in [4.69, 9.17) is 16.3 Å². The topological polar surface area (TPSA) is 127 Å². The molecule has 11 heteroatoms. The van der Waals surface area contributed by atoms with Crippen LogP contribution in [0.5, 0.6) is 0 Å². The maximum absolute atomic E-state index is 13.8. The summed E-state index contributed by atoms with van der Waals surface area (Å²) in [6.45, 7) is 3.40. The molecule has 0 saturated heterocycles. The van der Waals surface area contributed by atoms with Crippen molar-refractivity contribution >= 4 is 34.4 Å². The lowest BCUT2D eigenvalue weighted by Gasteiger charge is -2.29. The molecule has 1 fully saturated rings. The first-order valence-electron chi connectivity index (χ1n) is 13.7. The number of rotatable bonds is 9. The zero-order valence-corrected chi connectivity index (χ0v) is 23.8. The van der Waals surface area contributed by atoms with Gasteiger partial charge in [0.25, 0.3) is 5.91 Å². The molecule has 0 unspecified atom stereocenters. The van der Waals surface area contributed by atoms with E-state index in [1.807, 2.05) is 24.3 Å². The molecule has 0 aliphatic heterocycles. The predicted molar refractivity (Wildman–Crippen MR) is 158 cm³/mol. The van der Waals surface area contributed by atoms with Gasteiger partial charge in [-0.1, -0.05) is 23.7 Å². The number of aromatic nitrogens is 4. The molecule has 2 N–H and O–H groups in total. The Balaban J connectivity index is 1.33. The van der Waals surface area contributed by atoms with Gasteiger partial charge in [-0.05, 0) is 56.7 Å². The Morgan fingerprint density at radius 1 is 1.15 bits per heavy atom. The highest BCUT2D eigenvalue weighted by Crippen LogP contribution is 2.28. The number of carbonyl (C=O) groups is 1. The molecule has 1 aliphatic carbocycles.